The van der Waals surface area contributed by atoms with Gasteiger partial charge in [-0.05, 0) is 43.9 Å². The number of epoxide rings is 2. The van der Waals surface area contributed by atoms with E-state index in [1.165, 1.54) is 70.6 Å². The predicted molar refractivity (Wildman–Crippen MR) is 120 cm³/mol. The Labute approximate surface area is 184 Å². The molecular formula is C26H46O4. The van der Waals surface area contributed by atoms with Gasteiger partial charge >= 0.3 is 5.97 Å². The molecule has 1 aliphatic carbocycles. The van der Waals surface area contributed by atoms with Crippen molar-refractivity contribution in [2.45, 2.75) is 141 Å². The Balaban J connectivity index is 1.06. The fraction of sp³-hybridized carbons (Fsp3) is 0.962. The summed E-state index contributed by atoms with van der Waals surface area (Å²) in [5.41, 5.74) is 0. The van der Waals surface area contributed by atoms with Crippen LogP contribution < -0.4 is 0 Å². The van der Waals surface area contributed by atoms with E-state index < -0.39 is 0 Å². The molecule has 0 spiro atoms. The highest BCUT2D eigenvalue weighted by Crippen LogP contribution is 2.42. The number of ether oxygens (including phenoxy) is 3. The van der Waals surface area contributed by atoms with Crippen LogP contribution in [0.3, 0.4) is 0 Å². The summed E-state index contributed by atoms with van der Waals surface area (Å²) >= 11 is 0. The first-order valence-corrected chi connectivity index (χ1v) is 13.1. The van der Waals surface area contributed by atoms with Gasteiger partial charge < -0.3 is 14.2 Å². The summed E-state index contributed by atoms with van der Waals surface area (Å²) in [7, 11) is 0. The summed E-state index contributed by atoms with van der Waals surface area (Å²) in [6.45, 7) is 5.13. The van der Waals surface area contributed by atoms with Crippen LogP contribution in [0.15, 0.2) is 0 Å². The van der Waals surface area contributed by atoms with Crippen LogP contribution >= 0.6 is 0 Å². The van der Waals surface area contributed by atoms with Gasteiger partial charge in [0.2, 0.25) is 0 Å². The molecule has 3 rings (SSSR count). The number of hydrogen-bond donors (Lipinski definition) is 0. The van der Waals surface area contributed by atoms with Gasteiger partial charge in [-0.25, -0.2) is 0 Å². The van der Waals surface area contributed by atoms with E-state index in [2.05, 4.69) is 13.8 Å². The Morgan fingerprint density at radius 2 is 1.40 bits per heavy atom. The standard InChI is InChI=1S/C26H46O4/c1-3-4-5-6-8-11-14-22-23(29-22)15-12-9-7-10-13-16-26(27)28-19-21-18-25-24(30-25)17-20(21)2/h20-25H,3-19H2,1-2H3. The number of carbonyl (C=O) groups is 1. The minimum atomic E-state index is -0.00930. The van der Waals surface area contributed by atoms with E-state index in [0.29, 0.717) is 49.3 Å². The molecule has 0 N–H and O–H groups in total. The van der Waals surface area contributed by atoms with Crippen LogP contribution in [-0.2, 0) is 19.0 Å². The second-order valence-corrected chi connectivity index (χ2v) is 10.2. The van der Waals surface area contributed by atoms with Gasteiger partial charge in [-0.3, -0.25) is 4.79 Å². The van der Waals surface area contributed by atoms with Crippen molar-refractivity contribution in [3.63, 3.8) is 0 Å². The Morgan fingerprint density at radius 1 is 0.800 bits per heavy atom. The topological polar surface area (TPSA) is 51.4 Å². The van der Waals surface area contributed by atoms with Crippen molar-refractivity contribution in [1.29, 1.82) is 0 Å². The van der Waals surface area contributed by atoms with Crippen molar-refractivity contribution in [2.24, 2.45) is 11.8 Å². The number of hydrogen-bond acceptors (Lipinski definition) is 4. The van der Waals surface area contributed by atoms with Crippen LogP contribution in [0.25, 0.3) is 0 Å². The lowest BCUT2D eigenvalue weighted by atomic mass is 9.81. The van der Waals surface area contributed by atoms with Crippen molar-refractivity contribution in [3.05, 3.63) is 0 Å². The van der Waals surface area contributed by atoms with Crippen molar-refractivity contribution in [3.8, 4) is 0 Å². The van der Waals surface area contributed by atoms with Gasteiger partial charge in [0.15, 0.2) is 0 Å². The molecule has 3 fully saturated rings. The Morgan fingerprint density at radius 3 is 2.10 bits per heavy atom. The van der Waals surface area contributed by atoms with Gasteiger partial charge in [0, 0.05) is 6.42 Å². The molecule has 6 unspecified atom stereocenters. The molecule has 3 aliphatic rings. The molecule has 4 heteroatoms. The van der Waals surface area contributed by atoms with Gasteiger partial charge in [0.25, 0.3) is 0 Å². The minimum Gasteiger partial charge on any atom is -0.465 e. The monoisotopic (exact) mass is 422 g/mol. The molecule has 2 heterocycles. The highest BCUT2D eigenvalue weighted by molar-refractivity contribution is 5.69. The number of rotatable bonds is 17. The average Bonchev–Trinajstić information content (AvgIpc) is 3.64. The molecule has 0 bridgehead atoms. The molecule has 0 radical (unpaired) electrons. The molecule has 30 heavy (non-hydrogen) atoms. The van der Waals surface area contributed by atoms with Gasteiger partial charge in [0.05, 0.1) is 31.0 Å². The van der Waals surface area contributed by atoms with E-state index in [0.717, 1.165) is 25.7 Å². The number of esters is 1. The highest BCUT2D eigenvalue weighted by atomic mass is 16.6. The number of fused-ring (bicyclic) bond motifs is 1. The Bertz CT molecular complexity index is 493. The van der Waals surface area contributed by atoms with Crippen molar-refractivity contribution in [1.82, 2.24) is 0 Å². The molecule has 2 aliphatic heterocycles. The number of unbranched alkanes of at least 4 members (excludes halogenated alkanes) is 9. The molecule has 2 saturated heterocycles. The smallest absolute Gasteiger partial charge is 0.305 e. The van der Waals surface area contributed by atoms with Gasteiger partial charge in [-0.15, -0.1) is 0 Å². The fourth-order valence-electron chi connectivity index (χ4n) is 5.15. The highest BCUT2D eigenvalue weighted by Gasteiger charge is 2.47. The van der Waals surface area contributed by atoms with Gasteiger partial charge in [-0.1, -0.05) is 78.1 Å². The van der Waals surface area contributed by atoms with E-state index >= 15 is 0 Å². The molecule has 0 amide bonds. The average molecular weight is 423 g/mol. The zero-order chi connectivity index (χ0) is 21.2. The summed E-state index contributed by atoms with van der Waals surface area (Å²) in [4.78, 5) is 12.0. The molecule has 0 aromatic rings. The maximum Gasteiger partial charge on any atom is 0.305 e. The van der Waals surface area contributed by atoms with E-state index in [1.54, 1.807) is 0 Å². The zero-order valence-corrected chi connectivity index (χ0v) is 19.6. The zero-order valence-electron chi connectivity index (χ0n) is 19.6. The Hall–Kier alpha value is -0.610. The SMILES string of the molecule is CCCCCCCCC1OC1CCCCCCCC(=O)OCC1CC2OC2CC1C. The van der Waals surface area contributed by atoms with Gasteiger partial charge in [-0.2, -0.15) is 0 Å². The summed E-state index contributed by atoms with van der Waals surface area (Å²) < 4.78 is 17.0. The van der Waals surface area contributed by atoms with Crippen LogP contribution in [0.1, 0.15) is 117 Å². The van der Waals surface area contributed by atoms with Crippen LogP contribution in [0.2, 0.25) is 0 Å². The van der Waals surface area contributed by atoms with E-state index in [-0.39, 0.29) is 5.97 Å². The third-order valence-corrected chi connectivity index (χ3v) is 7.49. The van der Waals surface area contributed by atoms with Crippen molar-refractivity contribution >= 4 is 5.97 Å². The first-order valence-electron chi connectivity index (χ1n) is 13.1. The van der Waals surface area contributed by atoms with Crippen LogP contribution in [-0.4, -0.2) is 37.0 Å². The summed E-state index contributed by atoms with van der Waals surface area (Å²) in [5, 5.41) is 0. The summed E-state index contributed by atoms with van der Waals surface area (Å²) in [6.07, 6.45) is 21.5. The third-order valence-electron chi connectivity index (χ3n) is 7.49. The second kappa shape index (κ2) is 13.1. The minimum absolute atomic E-state index is 0.00930. The maximum atomic E-state index is 12.0. The Kier molecular flexibility index (Phi) is 10.5. The van der Waals surface area contributed by atoms with E-state index in [9.17, 15) is 4.79 Å². The quantitative estimate of drug-likeness (QED) is 0.151. The molecule has 1 saturated carbocycles. The lowest BCUT2D eigenvalue weighted by Gasteiger charge is -2.25. The van der Waals surface area contributed by atoms with Gasteiger partial charge in [0.1, 0.15) is 0 Å². The second-order valence-electron chi connectivity index (χ2n) is 10.2. The predicted octanol–water partition coefficient (Wildman–Crippen LogP) is 6.59. The largest absolute Gasteiger partial charge is 0.465 e. The first-order chi connectivity index (χ1) is 14.7. The number of carbonyl (C=O) groups excluding carboxylic acids is 1. The van der Waals surface area contributed by atoms with Crippen LogP contribution in [0.5, 0.6) is 0 Å². The van der Waals surface area contributed by atoms with Crippen LogP contribution in [0, 0.1) is 11.8 Å². The molecule has 174 valence electrons. The van der Waals surface area contributed by atoms with Crippen molar-refractivity contribution < 1.29 is 19.0 Å². The molecule has 6 atom stereocenters. The lowest BCUT2D eigenvalue weighted by Crippen LogP contribution is -2.27. The summed E-state index contributed by atoms with van der Waals surface area (Å²) in [5.74, 6) is 1.10. The molecular weight excluding hydrogens is 376 g/mol. The first kappa shape index (κ1) is 24.0. The van der Waals surface area contributed by atoms with E-state index in [1.807, 2.05) is 0 Å². The van der Waals surface area contributed by atoms with Crippen molar-refractivity contribution in [2.75, 3.05) is 6.61 Å². The third kappa shape index (κ3) is 8.86. The molecule has 0 aromatic carbocycles. The normalized spacial score (nSPS) is 31.9. The lowest BCUT2D eigenvalue weighted by molar-refractivity contribution is -0.146. The van der Waals surface area contributed by atoms with Crippen LogP contribution in [0.4, 0.5) is 0 Å². The van der Waals surface area contributed by atoms with E-state index in [4.69, 9.17) is 14.2 Å². The molecule has 4 nitrogen and oxygen atoms in total. The maximum absolute atomic E-state index is 12.0. The fourth-order valence-corrected chi connectivity index (χ4v) is 5.15. The summed E-state index contributed by atoms with van der Waals surface area (Å²) in [6, 6.07) is 0. The molecule has 0 aromatic heterocycles.